The molecule has 0 unspecified atom stereocenters. The van der Waals surface area contributed by atoms with Crippen LogP contribution in [-0.2, 0) is 19.8 Å². The fraction of sp³-hybridized carbons (Fsp3) is 0.350. The number of benzene rings is 1. The van der Waals surface area contributed by atoms with E-state index in [1.165, 1.54) is 0 Å². The highest BCUT2D eigenvalue weighted by molar-refractivity contribution is 5.91. The molecule has 3 aromatic rings. The highest BCUT2D eigenvalue weighted by Crippen LogP contribution is 2.19. The van der Waals surface area contributed by atoms with Gasteiger partial charge in [-0.25, -0.2) is 4.68 Å². The maximum absolute atomic E-state index is 12.6. The average molecular weight is 367 g/mol. The number of nitrogens with zero attached hydrogens (tertiary/aromatic N) is 5. The second-order valence-corrected chi connectivity index (χ2v) is 6.65. The van der Waals surface area contributed by atoms with Crippen LogP contribution in [0.1, 0.15) is 34.1 Å². The average Bonchev–Trinajstić information content (AvgIpc) is 3.31. The first-order valence-corrected chi connectivity index (χ1v) is 8.96. The van der Waals surface area contributed by atoms with Crippen LogP contribution in [0.3, 0.4) is 0 Å². The van der Waals surface area contributed by atoms with Crippen molar-refractivity contribution in [3.05, 3.63) is 65.2 Å². The quantitative estimate of drug-likeness (QED) is 0.644. The van der Waals surface area contributed by atoms with Gasteiger partial charge in [0.2, 0.25) is 0 Å². The lowest BCUT2D eigenvalue weighted by Crippen LogP contribution is -2.26. The van der Waals surface area contributed by atoms with E-state index in [0.29, 0.717) is 12.2 Å². The van der Waals surface area contributed by atoms with Gasteiger partial charge in [-0.1, -0.05) is 12.1 Å². The van der Waals surface area contributed by atoms with E-state index in [2.05, 4.69) is 10.2 Å². The fourth-order valence-electron chi connectivity index (χ4n) is 2.75. The van der Waals surface area contributed by atoms with Gasteiger partial charge in [-0.05, 0) is 44.0 Å². The molecule has 0 aliphatic heterocycles. The number of ether oxygens (including phenoxy) is 1. The summed E-state index contributed by atoms with van der Waals surface area (Å²) in [6.07, 6.45) is 5.48. The van der Waals surface area contributed by atoms with Crippen LogP contribution in [-0.4, -0.2) is 37.4 Å². The second-order valence-electron chi connectivity index (χ2n) is 6.65. The van der Waals surface area contributed by atoms with Gasteiger partial charge < -0.3 is 9.64 Å². The minimum Gasteiger partial charge on any atom is -0.471 e. The van der Waals surface area contributed by atoms with E-state index in [0.717, 1.165) is 29.0 Å². The van der Waals surface area contributed by atoms with Gasteiger partial charge in [0.25, 0.3) is 5.91 Å². The molecule has 0 aliphatic rings. The summed E-state index contributed by atoms with van der Waals surface area (Å²) in [5.74, 6) is 0.688. The van der Waals surface area contributed by atoms with Crippen molar-refractivity contribution in [1.82, 2.24) is 24.5 Å². The molecule has 0 bridgehead atoms. The number of amides is 1. The predicted octanol–water partition coefficient (Wildman–Crippen LogP) is 3.03. The third-order valence-corrected chi connectivity index (χ3v) is 4.33. The molecule has 1 amide bonds. The molecule has 0 saturated heterocycles. The number of hydrogen-bond donors (Lipinski definition) is 0. The van der Waals surface area contributed by atoms with Crippen molar-refractivity contribution < 1.29 is 9.53 Å². The standard InChI is InChI=1S/C20H25N5O2/c1-5-24-13-17(11-21-24)12-23(4)20(26)18-8-9-25(22-18)14-27-19-10-15(2)6-7-16(19)3/h6-11,13H,5,12,14H2,1-4H3. The summed E-state index contributed by atoms with van der Waals surface area (Å²) in [6, 6.07) is 7.78. The Bertz CT molecular complexity index is 928. The molecule has 7 heteroatoms. The largest absolute Gasteiger partial charge is 0.471 e. The molecule has 2 aromatic heterocycles. The molecule has 0 fully saturated rings. The molecular formula is C20H25N5O2. The van der Waals surface area contributed by atoms with Crippen LogP contribution in [0.15, 0.2) is 42.9 Å². The van der Waals surface area contributed by atoms with Crippen molar-refractivity contribution in [1.29, 1.82) is 0 Å². The van der Waals surface area contributed by atoms with Crippen LogP contribution in [0.4, 0.5) is 0 Å². The SMILES string of the molecule is CCn1cc(CN(C)C(=O)c2ccn(COc3cc(C)ccc3C)n2)cn1. The second kappa shape index (κ2) is 8.07. The monoisotopic (exact) mass is 367 g/mol. The Morgan fingerprint density at radius 3 is 2.78 bits per heavy atom. The molecular weight excluding hydrogens is 342 g/mol. The zero-order chi connectivity index (χ0) is 19.4. The van der Waals surface area contributed by atoms with Crippen LogP contribution in [0.25, 0.3) is 0 Å². The molecule has 0 radical (unpaired) electrons. The molecule has 0 saturated carbocycles. The zero-order valence-corrected chi connectivity index (χ0v) is 16.2. The minimum atomic E-state index is -0.135. The molecule has 27 heavy (non-hydrogen) atoms. The maximum Gasteiger partial charge on any atom is 0.274 e. The van der Waals surface area contributed by atoms with Crippen molar-refractivity contribution in [2.75, 3.05) is 7.05 Å². The Balaban J connectivity index is 1.60. The van der Waals surface area contributed by atoms with Gasteiger partial charge in [0.15, 0.2) is 12.4 Å². The first-order chi connectivity index (χ1) is 13.0. The summed E-state index contributed by atoms with van der Waals surface area (Å²) >= 11 is 0. The number of aromatic nitrogens is 4. The van der Waals surface area contributed by atoms with E-state index in [-0.39, 0.29) is 12.6 Å². The van der Waals surface area contributed by atoms with Crippen molar-refractivity contribution in [3.63, 3.8) is 0 Å². The summed E-state index contributed by atoms with van der Waals surface area (Å²) in [7, 11) is 1.76. The number of aryl methyl sites for hydroxylation is 3. The third kappa shape index (κ3) is 4.55. The Morgan fingerprint density at radius 1 is 1.22 bits per heavy atom. The van der Waals surface area contributed by atoms with Crippen molar-refractivity contribution >= 4 is 5.91 Å². The minimum absolute atomic E-state index is 0.135. The highest BCUT2D eigenvalue weighted by atomic mass is 16.5. The summed E-state index contributed by atoms with van der Waals surface area (Å²) in [6.45, 7) is 7.61. The van der Waals surface area contributed by atoms with Gasteiger partial charge in [-0.2, -0.15) is 10.2 Å². The molecule has 0 N–H and O–H groups in total. The summed E-state index contributed by atoms with van der Waals surface area (Å²) in [5.41, 5.74) is 3.59. The van der Waals surface area contributed by atoms with Crippen LogP contribution < -0.4 is 4.74 Å². The smallest absolute Gasteiger partial charge is 0.274 e. The molecule has 0 atom stereocenters. The molecule has 3 rings (SSSR count). The van der Waals surface area contributed by atoms with Crippen LogP contribution >= 0.6 is 0 Å². The van der Waals surface area contributed by atoms with Crippen LogP contribution in [0, 0.1) is 13.8 Å². The number of carbonyl (C=O) groups is 1. The maximum atomic E-state index is 12.6. The van der Waals surface area contributed by atoms with Crippen LogP contribution in [0.5, 0.6) is 5.75 Å². The Morgan fingerprint density at radius 2 is 2.04 bits per heavy atom. The van der Waals surface area contributed by atoms with E-state index in [9.17, 15) is 4.79 Å². The van der Waals surface area contributed by atoms with Crippen molar-refractivity contribution in [3.8, 4) is 5.75 Å². The first kappa shape index (κ1) is 18.7. The van der Waals surface area contributed by atoms with Gasteiger partial charge in [-0.3, -0.25) is 9.48 Å². The molecule has 0 spiro atoms. The number of carbonyl (C=O) groups excluding carboxylic acids is 1. The van der Waals surface area contributed by atoms with Gasteiger partial charge in [0.05, 0.1) is 6.20 Å². The molecule has 2 heterocycles. The van der Waals surface area contributed by atoms with E-state index in [1.807, 2.05) is 49.8 Å². The van der Waals surface area contributed by atoms with Gasteiger partial charge in [0.1, 0.15) is 5.75 Å². The fourth-order valence-corrected chi connectivity index (χ4v) is 2.75. The Hall–Kier alpha value is -3.09. The lowest BCUT2D eigenvalue weighted by molar-refractivity contribution is 0.0777. The van der Waals surface area contributed by atoms with E-state index >= 15 is 0 Å². The van der Waals surface area contributed by atoms with Crippen molar-refractivity contribution in [2.24, 2.45) is 0 Å². The predicted molar refractivity (Wildman–Crippen MR) is 102 cm³/mol. The zero-order valence-electron chi connectivity index (χ0n) is 16.2. The van der Waals surface area contributed by atoms with Gasteiger partial charge in [0, 0.05) is 38.1 Å². The molecule has 142 valence electrons. The summed E-state index contributed by atoms with van der Waals surface area (Å²) in [4.78, 5) is 14.2. The molecule has 7 nitrogen and oxygen atoms in total. The van der Waals surface area contributed by atoms with Crippen molar-refractivity contribution in [2.45, 2.75) is 40.6 Å². The molecule has 0 aliphatic carbocycles. The van der Waals surface area contributed by atoms with Gasteiger partial charge in [-0.15, -0.1) is 0 Å². The topological polar surface area (TPSA) is 65.2 Å². The van der Waals surface area contributed by atoms with E-state index < -0.39 is 0 Å². The van der Waals surface area contributed by atoms with Gasteiger partial charge >= 0.3 is 0 Å². The summed E-state index contributed by atoms with van der Waals surface area (Å²) in [5, 5.41) is 8.57. The Labute approximate surface area is 159 Å². The van der Waals surface area contributed by atoms with E-state index in [4.69, 9.17) is 4.74 Å². The van der Waals surface area contributed by atoms with E-state index in [1.54, 1.807) is 35.1 Å². The number of hydrogen-bond acceptors (Lipinski definition) is 4. The highest BCUT2D eigenvalue weighted by Gasteiger charge is 2.16. The first-order valence-electron chi connectivity index (χ1n) is 8.96. The third-order valence-electron chi connectivity index (χ3n) is 4.33. The summed E-state index contributed by atoms with van der Waals surface area (Å²) < 4.78 is 9.30. The normalized spacial score (nSPS) is 10.8. The number of rotatable bonds is 7. The molecule has 1 aromatic carbocycles. The lowest BCUT2D eigenvalue weighted by Gasteiger charge is -2.14. The lowest BCUT2D eigenvalue weighted by atomic mass is 10.1. The van der Waals surface area contributed by atoms with Crippen LogP contribution in [0.2, 0.25) is 0 Å². The Kier molecular flexibility index (Phi) is 5.59.